The number of hydrogen-bond acceptors (Lipinski definition) is 5. The Morgan fingerprint density at radius 3 is 2.68 bits per heavy atom. The van der Waals surface area contributed by atoms with E-state index in [1.165, 1.54) is 11.3 Å². The van der Waals surface area contributed by atoms with Crippen LogP contribution in [0.1, 0.15) is 0 Å². The average molecular weight is 353 g/mol. The quantitative estimate of drug-likeness (QED) is 0.587. The predicted molar refractivity (Wildman–Crippen MR) is 98.6 cm³/mol. The van der Waals surface area contributed by atoms with Gasteiger partial charge in [0.2, 0.25) is 0 Å². The van der Waals surface area contributed by atoms with E-state index in [2.05, 4.69) is 15.0 Å². The summed E-state index contributed by atoms with van der Waals surface area (Å²) in [4.78, 5) is 23.8. The molecule has 126 valence electrons. The van der Waals surface area contributed by atoms with Gasteiger partial charge in [-0.25, -0.2) is 4.98 Å². The van der Waals surface area contributed by atoms with E-state index >= 15 is 0 Å². The lowest BCUT2D eigenvalue weighted by Gasteiger charge is -2.09. The standard InChI is InChI=1S/C18H15N3O3S/c1-23-13-6-5-10(8-14(13)24-2)11-9-25-18-15(11)17(22)20-16(21-18)12-4-3-7-19-12/h3-9,19H,1-2H3,(H,20,21,22). The lowest BCUT2D eigenvalue weighted by atomic mass is 10.1. The number of rotatable bonds is 4. The van der Waals surface area contributed by atoms with Crippen molar-refractivity contribution in [1.82, 2.24) is 15.0 Å². The van der Waals surface area contributed by atoms with E-state index in [0.29, 0.717) is 27.5 Å². The molecular weight excluding hydrogens is 338 g/mol. The van der Waals surface area contributed by atoms with Crippen molar-refractivity contribution >= 4 is 21.6 Å². The summed E-state index contributed by atoms with van der Waals surface area (Å²) < 4.78 is 10.6. The fourth-order valence-corrected chi connectivity index (χ4v) is 3.72. The molecular formula is C18H15N3O3S. The Hall–Kier alpha value is -3.06. The first-order chi connectivity index (χ1) is 12.2. The van der Waals surface area contributed by atoms with Crippen LogP contribution in [0.25, 0.3) is 32.9 Å². The number of aromatic nitrogens is 3. The summed E-state index contributed by atoms with van der Waals surface area (Å²) >= 11 is 1.44. The summed E-state index contributed by atoms with van der Waals surface area (Å²) in [5.41, 5.74) is 2.32. The summed E-state index contributed by atoms with van der Waals surface area (Å²) in [6.45, 7) is 0. The lowest BCUT2D eigenvalue weighted by Crippen LogP contribution is -2.09. The number of fused-ring (bicyclic) bond motifs is 1. The zero-order chi connectivity index (χ0) is 17.4. The van der Waals surface area contributed by atoms with Crippen molar-refractivity contribution in [2.24, 2.45) is 0 Å². The van der Waals surface area contributed by atoms with Crippen LogP contribution in [-0.4, -0.2) is 29.2 Å². The van der Waals surface area contributed by atoms with Crippen LogP contribution in [-0.2, 0) is 0 Å². The van der Waals surface area contributed by atoms with E-state index in [1.807, 2.05) is 35.7 Å². The number of hydrogen-bond donors (Lipinski definition) is 2. The molecule has 0 saturated heterocycles. The average Bonchev–Trinajstić information content (AvgIpc) is 3.31. The van der Waals surface area contributed by atoms with Crippen LogP contribution in [0.2, 0.25) is 0 Å². The molecule has 25 heavy (non-hydrogen) atoms. The van der Waals surface area contributed by atoms with Crippen molar-refractivity contribution in [3.05, 3.63) is 52.3 Å². The monoisotopic (exact) mass is 353 g/mol. The number of nitrogens with zero attached hydrogens (tertiary/aromatic N) is 1. The largest absolute Gasteiger partial charge is 0.493 e. The van der Waals surface area contributed by atoms with E-state index < -0.39 is 0 Å². The van der Waals surface area contributed by atoms with Gasteiger partial charge in [-0.05, 0) is 29.8 Å². The number of ether oxygens (including phenoxy) is 2. The van der Waals surface area contributed by atoms with Gasteiger partial charge in [0.1, 0.15) is 4.83 Å². The molecule has 0 aliphatic rings. The lowest BCUT2D eigenvalue weighted by molar-refractivity contribution is 0.355. The smallest absolute Gasteiger partial charge is 0.260 e. The molecule has 0 radical (unpaired) electrons. The molecule has 7 heteroatoms. The van der Waals surface area contributed by atoms with Gasteiger partial charge in [-0.3, -0.25) is 4.79 Å². The number of benzene rings is 1. The van der Waals surface area contributed by atoms with Crippen LogP contribution >= 0.6 is 11.3 Å². The highest BCUT2D eigenvalue weighted by Crippen LogP contribution is 2.36. The Morgan fingerprint density at radius 2 is 1.96 bits per heavy atom. The number of methoxy groups -OCH3 is 2. The Bertz CT molecular complexity index is 1100. The van der Waals surface area contributed by atoms with Crippen LogP contribution in [0.5, 0.6) is 11.5 Å². The number of nitrogens with one attached hydrogen (secondary N) is 2. The maximum atomic E-state index is 12.7. The normalized spacial score (nSPS) is 11.0. The maximum absolute atomic E-state index is 12.7. The molecule has 0 aliphatic heterocycles. The molecule has 3 aromatic heterocycles. The molecule has 6 nitrogen and oxygen atoms in total. The molecule has 0 amide bonds. The molecule has 0 aliphatic carbocycles. The van der Waals surface area contributed by atoms with Gasteiger partial charge in [0, 0.05) is 17.1 Å². The molecule has 0 fully saturated rings. The van der Waals surface area contributed by atoms with Crippen LogP contribution in [0, 0.1) is 0 Å². The highest BCUT2D eigenvalue weighted by atomic mass is 32.1. The molecule has 3 heterocycles. The van der Waals surface area contributed by atoms with E-state index in [0.717, 1.165) is 16.8 Å². The second kappa shape index (κ2) is 6.10. The highest BCUT2D eigenvalue weighted by Gasteiger charge is 2.15. The molecule has 1 aromatic carbocycles. The number of H-pyrrole nitrogens is 2. The summed E-state index contributed by atoms with van der Waals surface area (Å²) in [6, 6.07) is 9.32. The SMILES string of the molecule is COc1ccc(-c2csc3nc(-c4ccc[nH]4)[nH]c(=O)c23)cc1OC. The van der Waals surface area contributed by atoms with Gasteiger partial charge in [0.15, 0.2) is 17.3 Å². The fraction of sp³-hybridized carbons (Fsp3) is 0.111. The minimum absolute atomic E-state index is 0.166. The van der Waals surface area contributed by atoms with Crippen LogP contribution in [0.15, 0.2) is 46.7 Å². The zero-order valence-corrected chi connectivity index (χ0v) is 14.4. The second-order valence-electron chi connectivity index (χ2n) is 5.40. The van der Waals surface area contributed by atoms with Crippen molar-refractivity contribution < 1.29 is 9.47 Å². The molecule has 0 saturated carbocycles. The van der Waals surface area contributed by atoms with E-state index in [1.54, 1.807) is 20.4 Å². The van der Waals surface area contributed by atoms with Crippen molar-refractivity contribution in [2.45, 2.75) is 0 Å². The molecule has 0 bridgehead atoms. The van der Waals surface area contributed by atoms with E-state index in [-0.39, 0.29) is 5.56 Å². The molecule has 0 spiro atoms. The van der Waals surface area contributed by atoms with E-state index in [4.69, 9.17) is 9.47 Å². The van der Waals surface area contributed by atoms with Crippen molar-refractivity contribution in [2.75, 3.05) is 14.2 Å². The first-order valence-electron chi connectivity index (χ1n) is 7.59. The third kappa shape index (κ3) is 2.58. The van der Waals surface area contributed by atoms with Crippen molar-refractivity contribution in [3.8, 4) is 34.1 Å². The molecule has 0 atom stereocenters. The molecule has 0 unspecified atom stereocenters. The summed E-state index contributed by atoms with van der Waals surface area (Å²) in [6.07, 6.45) is 1.79. The third-order valence-electron chi connectivity index (χ3n) is 3.99. The van der Waals surface area contributed by atoms with Gasteiger partial charge >= 0.3 is 0 Å². The summed E-state index contributed by atoms with van der Waals surface area (Å²) in [5.74, 6) is 1.79. The van der Waals surface area contributed by atoms with Crippen LogP contribution in [0.3, 0.4) is 0 Å². The van der Waals surface area contributed by atoms with E-state index in [9.17, 15) is 4.79 Å². The Kier molecular flexibility index (Phi) is 3.77. The Labute approximate surface area is 147 Å². The second-order valence-corrected chi connectivity index (χ2v) is 6.26. The van der Waals surface area contributed by atoms with Gasteiger partial charge < -0.3 is 19.4 Å². The topological polar surface area (TPSA) is 80.0 Å². The van der Waals surface area contributed by atoms with Crippen LogP contribution < -0.4 is 15.0 Å². The minimum atomic E-state index is -0.166. The molecule has 2 N–H and O–H groups in total. The fourth-order valence-electron chi connectivity index (χ4n) is 2.77. The predicted octanol–water partition coefficient (Wildman–Crippen LogP) is 3.66. The molecule has 4 rings (SSSR count). The van der Waals surface area contributed by atoms with Gasteiger partial charge in [0.25, 0.3) is 5.56 Å². The third-order valence-corrected chi connectivity index (χ3v) is 4.86. The first-order valence-corrected chi connectivity index (χ1v) is 8.47. The first kappa shape index (κ1) is 15.5. The molecule has 4 aromatic rings. The number of aromatic amines is 2. The van der Waals surface area contributed by atoms with Gasteiger partial charge in [-0.2, -0.15) is 0 Å². The zero-order valence-electron chi connectivity index (χ0n) is 13.6. The van der Waals surface area contributed by atoms with Gasteiger partial charge in [0.05, 0.1) is 25.3 Å². The minimum Gasteiger partial charge on any atom is -0.493 e. The summed E-state index contributed by atoms with van der Waals surface area (Å²) in [5, 5.41) is 2.51. The van der Waals surface area contributed by atoms with Crippen molar-refractivity contribution in [3.63, 3.8) is 0 Å². The number of thiophene rings is 1. The Balaban J connectivity index is 1.88. The maximum Gasteiger partial charge on any atom is 0.260 e. The van der Waals surface area contributed by atoms with Crippen molar-refractivity contribution in [1.29, 1.82) is 0 Å². The van der Waals surface area contributed by atoms with Gasteiger partial charge in [-0.15, -0.1) is 11.3 Å². The summed E-state index contributed by atoms with van der Waals surface area (Å²) in [7, 11) is 3.18. The van der Waals surface area contributed by atoms with Crippen LogP contribution in [0.4, 0.5) is 0 Å². The highest BCUT2D eigenvalue weighted by molar-refractivity contribution is 7.17. The van der Waals surface area contributed by atoms with Gasteiger partial charge in [-0.1, -0.05) is 6.07 Å². The Morgan fingerprint density at radius 1 is 1.12 bits per heavy atom.